The highest BCUT2D eigenvalue weighted by Crippen LogP contribution is 2.20. The fourth-order valence-electron chi connectivity index (χ4n) is 1.87. The van der Waals surface area contributed by atoms with Crippen LogP contribution in [0.2, 0.25) is 5.02 Å². The van der Waals surface area contributed by atoms with Crippen molar-refractivity contribution in [3.63, 3.8) is 0 Å². The molecule has 3 N–H and O–H groups in total. The maximum atomic E-state index is 11.9. The van der Waals surface area contributed by atoms with E-state index in [0.29, 0.717) is 17.3 Å². The number of H-pyrrole nitrogens is 1. The van der Waals surface area contributed by atoms with Gasteiger partial charge in [-0.3, -0.25) is 9.89 Å². The van der Waals surface area contributed by atoms with Gasteiger partial charge in [0.05, 0.1) is 5.69 Å². The number of rotatable bonds is 7. The first-order chi connectivity index (χ1) is 10.2. The minimum absolute atomic E-state index is 0.152. The molecule has 1 amide bonds. The maximum absolute atomic E-state index is 11.9. The van der Waals surface area contributed by atoms with Gasteiger partial charge in [-0.15, -0.1) is 0 Å². The minimum atomic E-state index is -0.152. The van der Waals surface area contributed by atoms with Crippen LogP contribution in [0.1, 0.15) is 23.8 Å². The largest absolute Gasteiger partial charge is 0.349 e. The monoisotopic (exact) mass is 306 g/mol. The summed E-state index contributed by atoms with van der Waals surface area (Å²) in [5.74, 6) is -0.152. The number of amides is 1. The van der Waals surface area contributed by atoms with Crippen LogP contribution < -0.4 is 10.6 Å². The topological polar surface area (TPSA) is 69.8 Å². The Labute approximate surface area is 129 Å². The lowest BCUT2D eigenvalue weighted by Gasteiger charge is -2.04. The van der Waals surface area contributed by atoms with E-state index >= 15 is 0 Å². The van der Waals surface area contributed by atoms with Crippen molar-refractivity contribution >= 4 is 17.5 Å². The molecule has 0 aliphatic rings. The van der Waals surface area contributed by atoms with Gasteiger partial charge in [0.15, 0.2) is 0 Å². The fourth-order valence-corrected chi connectivity index (χ4v) is 1.99. The SMILES string of the molecule is CCCNCCNC(=O)c1cc(-c2ccc(Cl)cc2)n[nH]1. The quantitative estimate of drug-likeness (QED) is 0.688. The molecular formula is C15H19ClN4O. The van der Waals surface area contributed by atoms with Crippen LogP contribution in [0.4, 0.5) is 0 Å². The molecule has 0 saturated carbocycles. The molecule has 0 saturated heterocycles. The van der Waals surface area contributed by atoms with Gasteiger partial charge in [0.2, 0.25) is 0 Å². The molecule has 0 bridgehead atoms. The molecule has 0 radical (unpaired) electrons. The second-order valence-corrected chi connectivity index (χ2v) is 5.12. The van der Waals surface area contributed by atoms with Gasteiger partial charge in [0.1, 0.15) is 5.69 Å². The summed E-state index contributed by atoms with van der Waals surface area (Å²) in [6.45, 7) is 4.42. The van der Waals surface area contributed by atoms with Gasteiger partial charge < -0.3 is 10.6 Å². The number of hydrogen-bond acceptors (Lipinski definition) is 3. The number of aromatic nitrogens is 2. The van der Waals surface area contributed by atoms with Crippen molar-refractivity contribution in [3.8, 4) is 11.3 Å². The standard InChI is InChI=1S/C15H19ClN4O/c1-2-7-17-8-9-18-15(21)14-10-13(19-20-14)11-3-5-12(16)6-4-11/h3-6,10,17H,2,7-9H2,1H3,(H,18,21)(H,19,20). The smallest absolute Gasteiger partial charge is 0.269 e. The summed E-state index contributed by atoms with van der Waals surface area (Å²) in [7, 11) is 0. The van der Waals surface area contributed by atoms with Gasteiger partial charge in [-0.05, 0) is 31.2 Å². The third kappa shape index (κ3) is 4.58. The highest BCUT2D eigenvalue weighted by atomic mass is 35.5. The first-order valence-corrected chi connectivity index (χ1v) is 7.38. The van der Waals surface area contributed by atoms with E-state index in [4.69, 9.17) is 11.6 Å². The third-order valence-electron chi connectivity index (χ3n) is 2.98. The molecule has 1 aromatic heterocycles. The van der Waals surface area contributed by atoms with E-state index in [2.05, 4.69) is 27.8 Å². The van der Waals surface area contributed by atoms with Gasteiger partial charge in [0.25, 0.3) is 5.91 Å². The second-order valence-electron chi connectivity index (χ2n) is 4.68. The van der Waals surface area contributed by atoms with Crippen molar-refractivity contribution in [2.75, 3.05) is 19.6 Å². The number of halogens is 1. The molecule has 0 aliphatic carbocycles. The summed E-state index contributed by atoms with van der Waals surface area (Å²) < 4.78 is 0. The van der Waals surface area contributed by atoms with Crippen LogP contribution in [0.5, 0.6) is 0 Å². The maximum Gasteiger partial charge on any atom is 0.269 e. The zero-order chi connectivity index (χ0) is 15.1. The number of benzene rings is 1. The van der Waals surface area contributed by atoms with Crippen molar-refractivity contribution in [1.29, 1.82) is 0 Å². The molecule has 5 nitrogen and oxygen atoms in total. The minimum Gasteiger partial charge on any atom is -0.349 e. The Morgan fingerprint density at radius 2 is 2.00 bits per heavy atom. The van der Waals surface area contributed by atoms with E-state index in [1.807, 2.05) is 12.1 Å². The van der Waals surface area contributed by atoms with E-state index in [0.717, 1.165) is 30.8 Å². The predicted molar refractivity (Wildman–Crippen MR) is 84.5 cm³/mol. The van der Waals surface area contributed by atoms with Gasteiger partial charge in [0, 0.05) is 23.7 Å². The fraction of sp³-hybridized carbons (Fsp3) is 0.333. The van der Waals surface area contributed by atoms with Crippen molar-refractivity contribution in [2.45, 2.75) is 13.3 Å². The van der Waals surface area contributed by atoms with Crippen LogP contribution in [0.25, 0.3) is 11.3 Å². The highest BCUT2D eigenvalue weighted by Gasteiger charge is 2.10. The lowest BCUT2D eigenvalue weighted by molar-refractivity contribution is 0.0949. The Hall–Kier alpha value is -1.85. The molecule has 0 fully saturated rings. The zero-order valence-electron chi connectivity index (χ0n) is 11.9. The second kappa shape index (κ2) is 7.81. The molecule has 1 aromatic carbocycles. The van der Waals surface area contributed by atoms with Crippen LogP contribution in [0.15, 0.2) is 30.3 Å². The van der Waals surface area contributed by atoms with Crippen LogP contribution in [0.3, 0.4) is 0 Å². The summed E-state index contributed by atoms with van der Waals surface area (Å²) in [4.78, 5) is 11.9. The lowest BCUT2D eigenvalue weighted by atomic mass is 10.1. The molecule has 0 aliphatic heterocycles. The third-order valence-corrected chi connectivity index (χ3v) is 3.23. The Kier molecular flexibility index (Phi) is 5.78. The number of hydrogen-bond donors (Lipinski definition) is 3. The predicted octanol–water partition coefficient (Wildman–Crippen LogP) is 2.46. The van der Waals surface area contributed by atoms with Crippen LogP contribution in [-0.4, -0.2) is 35.7 Å². The summed E-state index contributed by atoms with van der Waals surface area (Å²) in [5.41, 5.74) is 2.09. The first-order valence-electron chi connectivity index (χ1n) is 7.01. The van der Waals surface area contributed by atoms with Crippen molar-refractivity contribution in [2.24, 2.45) is 0 Å². The Balaban J connectivity index is 1.90. The molecule has 2 rings (SSSR count). The van der Waals surface area contributed by atoms with Gasteiger partial charge in [-0.2, -0.15) is 5.10 Å². The molecule has 6 heteroatoms. The van der Waals surface area contributed by atoms with Gasteiger partial charge in [-0.1, -0.05) is 30.7 Å². The normalized spacial score (nSPS) is 10.6. The number of nitrogens with zero attached hydrogens (tertiary/aromatic N) is 1. The van der Waals surface area contributed by atoms with E-state index in [1.54, 1.807) is 18.2 Å². The van der Waals surface area contributed by atoms with Gasteiger partial charge >= 0.3 is 0 Å². The average molecular weight is 307 g/mol. The number of carbonyl (C=O) groups is 1. The van der Waals surface area contributed by atoms with Crippen molar-refractivity contribution in [1.82, 2.24) is 20.8 Å². The van der Waals surface area contributed by atoms with Crippen LogP contribution >= 0.6 is 11.6 Å². The average Bonchev–Trinajstić information content (AvgIpc) is 2.97. The van der Waals surface area contributed by atoms with Crippen LogP contribution in [0, 0.1) is 0 Å². The number of carbonyl (C=O) groups excluding carboxylic acids is 1. The zero-order valence-corrected chi connectivity index (χ0v) is 12.7. The molecule has 2 aromatic rings. The number of nitrogens with one attached hydrogen (secondary N) is 3. The molecule has 0 atom stereocenters. The van der Waals surface area contributed by atoms with Crippen LogP contribution in [-0.2, 0) is 0 Å². The van der Waals surface area contributed by atoms with E-state index in [1.165, 1.54) is 0 Å². The van der Waals surface area contributed by atoms with E-state index in [9.17, 15) is 4.79 Å². The first kappa shape index (κ1) is 15.5. The summed E-state index contributed by atoms with van der Waals surface area (Å²) >= 11 is 5.85. The van der Waals surface area contributed by atoms with Gasteiger partial charge in [-0.25, -0.2) is 0 Å². The summed E-state index contributed by atoms with van der Waals surface area (Å²) in [5, 5.41) is 13.6. The Morgan fingerprint density at radius 1 is 1.24 bits per heavy atom. The van der Waals surface area contributed by atoms with E-state index in [-0.39, 0.29) is 5.91 Å². The Morgan fingerprint density at radius 3 is 2.71 bits per heavy atom. The molecular weight excluding hydrogens is 288 g/mol. The molecule has 112 valence electrons. The van der Waals surface area contributed by atoms with E-state index < -0.39 is 0 Å². The van der Waals surface area contributed by atoms with Crippen molar-refractivity contribution in [3.05, 3.63) is 41.0 Å². The highest BCUT2D eigenvalue weighted by molar-refractivity contribution is 6.30. The van der Waals surface area contributed by atoms with Crippen molar-refractivity contribution < 1.29 is 4.79 Å². The Bertz CT molecular complexity index is 580. The molecule has 0 unspecified atom stereocenters. The lowest BCUT2D eigenvalue weighted by Crippen LogP contribution is -2.32. The molecule has 1 heterocycles. The summed E-state index contributed by atoms with van der Waals surface area (Å²) in [6.07, 6.45) is 1.08. The molecule has 0 spiro atoms. The summed E-state index contributed by atoms with van der Waals surface area (Å²) in [6, 6.07) is 9.07. The number of aromatic amines is 1. The molecule has 21 heavy (non-hydrogen) atoms.